The molecule has 3 heterocycles. The lowest BCUT2D eigenvalue weighted by atomic mass is 10.2. The molecule has 1 atom stereocenters. The van der Waals surface area contributed by atoms with Gasteiger partial charge in [-0.05, 0) is 26.7 Å². The van der Waals surface area contributed by atoms with E-state index in [1.807, 2.05) is 0 Å². The highest BCUT2D eigenvalue weighted by atomic mass is 32.2. The summed E-state index contributed by atoms with van der Waals surface area (Å²) in [6.45, 7) is 3.94. The van der Waals surface area contributed by atoms with E-state index >= 15 is 0 Å². The van der Waals surface area contributed by atoms with Gasteiger partial charge in [0.15, 0.2) is 5.76 Å². The fourth-order valence-corrected chi connectivity index (χ4v) is 4.93. The van der Waals surface area contributed by atoms with Crippen LogP contribution < -0.4 is 5.73 Å². The molecule has 3 rings (SSSR count). The third-order valence-electron chi connectivity index (χ3n) is 3.99. The van der Waals surface area contributed by atoms with Gasteiger partial charge in [-0.15, -0.1) is 0 Å². The van der Waals surface area contributed by atoms with Crippen molar-refractivity contribution in [3.63, 3.8) is 0 Å². The van der Waals surface area contributed by atoms with Gasteiger partial charge < -0.3 is 10.3 Å². The number of nitrogens with two attached hydrogens (primary N) is 1. The van der Waals surface area contributed by atoms with E-state index < -0.39 is 10.0 Å². The average Bonchev–Trinajstić information content (AvgIpc) is 3.15. The van der Waals surface area contributed by atoms with Gasteiger partial charge in [0.25, 0.3) is 0 Å². The zero-order chi connectivity index (χ0) is 16.6. The van der Waals surface area contributed by atoms with E-state index in [9.17, 15) is 8.42 Å². The maximum atomic E-state index is 13.0. The van der Waals surface area contributed by atoms with Crippen LogP contribution in [-0.4, -0.2) is 34.4 Å². The Morgan fingerprint density at radius 1 is 1.39 bits per heavy atom. The number of sulfonamides is 1. The maximum Gasteiger partial charge on any atom is 0.249 e. The molecule has 0 radical (unpaired) electrons. The van der Waals surface area contributed by atoms with E-state index in [0.717, 1.165) is 6.42 Å². The summed E-state index contributed by atoms with van der Waals surface area (Å²) in [6.07, 6.45) is 4.66. The van der Waals surface area contributed by atoms with Gasteiger partial charge in [0.2, 0.25) is 10.0 Å². The molecule has 0 aliphatic carbocycles. The normalized spacial score (nSPS) is 19.3. The molecule has 0 unspecified atom stereocenters. The fraction of sp³-hybridized carbons (Fsp3) is 0.500. The van der Waals surface area contributed by atoms with Crippen LogP contribution in [-0.2, 0) is 16.6 Å². The zero-order valence-corrected chi connectivity index (χ0v) is 13.9. The van der Waals surface area contributed by atoms with E-state index in [4.69, 9.17) is 10.3 Å². The van der Waals surface area contributed by atoms with Crippen molar-refractivity contribution >= 4 is 10.0 Å². The molecule has 0 saturated carbocycles. The summed E-state index contributed by atoms with van der Waals surface area (Å²) >= 11 is 0. The van der Waals surface area contributed by atoms with Crippen molar-refractivity contribution in [2.24, 2.45) is 5.73 Å². The van der Waals surface area contributed by atoms with Crippen LogP contribution in [0.15, 0.2) is 21.8 Å². The van der Waals surface area contributed by atoms with E-state index in [-0.39, 0.29) is 17.5 Å². The van der Waals surface area contributed by atoms with Crippen LogP contribution in [0.1, 0.15) is 41.7 Å². The molecule has 2 aromatic heterocycles. The molecule has 2 N–H and O–H groups in total. The molecular weight excluding hydrogens is 318 g/mol. The molecule has 0 aromatic carbocycles. The summed E-state index contributed by atoms with van der Waals surface area (Å²) in [6, 6.07) is -0.340. The first-order chi connectivity index (χ1) is 10.9. The Morgan fingerprint density at radius 3 is 2.83 bits per heavy atom. The average molecular weight is 337 g/mol. The van der Waals surface area contributed by atoms with Crippen molar-refractivity contribution in [1.29, 1.82) is 0 Å². The van der Waals surface area contributed by atoms with E-state index in [2.05, 4.69) is 15.1 Å². The highest BCUT2D eigenvalue weighted by molar-refractivity contribution is 7.89. The first-order valence-corrected chi connectivity index (χ1v) is 8.84. The third kappa shape index (κ3) is 2.75. The quantitative estimate of drug-likeness (QED) is 0.887. The van der Waals surface area contributed by atoms with Crippen molar-refractivity contribution in [2.75, 3.05) is 6.54 Å². The standard InChI is InChI=1S/C14H19N5O3S/c1-9-14(10(2)22-18-9)23(20,21)19-5-3-4-13(19)12-8-16-7-11(6-15)17-12/h7-8,13H,3-6,15H2,1-2H3/t13-/m1/s1. The van der Waals surface area contributed by atoms with Gasteiger partial charge in [-0.3, -0.25) is 9.97 Å². The summed E-state index contributed by atoms with van der Waals surface area (Å²) in [5, 5.41) is 3.75. The van der Waals surface area contributed by atoms with Gasteiger partial charge in [-0.2, -0.15) is 4.31 Å². The monoisotopic (exact) mass is 337 g/mol. The lowest BCUT2D eigenvalue weighted by molar-refractivity contribution is 0.380. The van der Waals surface area contributed by atoms with Crippen LogP contribution in [0.25, 0.3) is 0 Å². The summed E-state index contributed by atoms with van der Waals surface area (Å²) in [7, 11) is -3.70. The van der Waals surface area contributed by atoms with Crippen molar-refractivity contribution < 1.29 is 12.9 Å². The van der Waals surface area contributed by atoms with Gasteiger partial charge in [0.1, 0.15) is 10.6 Å². The van der Waals surface area contributed by atoms with E-state index in [1.165, 1.54) is 4.31 Å². The molecule has 1 aliphatic rings. The summed E-state index contributed by atoms with van der Waals surface area (Å²) in [4.78, 5) is 8.70. The highest BCUT2D eigenvalue weighted by Gasteiger charge is 2.40. The number of hydrogen-bond acceptors (Lipinski definition) is 7. The Morgan fingerprint density at radius 2 is 2.17 bits per heavy atom. The van der Waals surface area contributed by atoms with Crippen LogP contribution in [0.4, 0.5) is 0 Å². The molecule has 23 heavy (non-hydrogen) atoms. The second-order valence-corrected chi connectivity index (χ2v) is 7.39. The number of hydrogen-bond donors (Lipinski definition) is 1. The van der Waals surface area contributed by atoms with Crippen molar-refractivity contribution in [3.8, 4) is 0 Å². The molecule has 9 heteroatoms. The van der Waals surface area contributed by atoms with E-state index in [0.29, 0.717) is 35.8 Å². The minimum absolute atomic E-state index is 0.146. The second-order valence-electron chi connectivity index (χ2n) is 5.57. The van der Waals surface area contributed by atoms with Crippen LogP contribution in [0, 0.1) is 13.8 Å². The number of nitrogens with zero attached hydrogens (tertiary/aromatic N) is 4. The van der Waals surface area contributed by atoms with Gasteiger partial charge in [-0.25, -0.2) is 8.42 Å². The van der Waals surface area contributed by atoms with Gasteiger partial charge in [0.05, 0.1) is 23.6 Å². The van der Waals surface area contributed by atoms with Crippen LogP contribution >= 0.6 is 0 Å². The Hall–Kier alpha value is -1.84. The molecular formula is C14H19N5O3S. The minimum Gasteiger partial charge on any atom is -0.360 e. The predicted molar refractivity (Wildman–Crippen MR) is 81.8 cm³/mol. The molecule has 124 valence electrons. The molecule has 1 fully saturated rings. The van der Waals surface area contributed by atoms with Crippen LogP contribution in [0.5, 0.6) is 0 Å². The molecule has 0 spiro atoms. The lowest BCUT2D eigenvalue weighted by Crippen LogP contribution is -2.32. The molecule has 2 aromatic rings. The first-order valence-electron chi connectivity index (χ1n) is 7.40. The lowest BCUT2D eigenvalue weighted by Gasteiger charge is -2.23. The Labute approximate surface area is 134 Å². The van der Waals surface area contributed by atoms with Crippen molar-refractivity contribution in [1.82, 2.24) is 19.4 Å². The fourth-order valence-electron chi connectivity index (χ4n) is 2.97. The van der Waals surface area contributed by atoms with Crippen LogP contribution in [0.3, 0.4) is 0 Å². The second kappa shape index (κ2) is 5.99. The SMILES string of the molecule is Cc1noc(C)c1S(=O)(=O)N1CCC[C@@H]1c1cncc(CN)n1. The summed E-state index contributed by atoms with van der Waals surface area (Å²) in [5.74, 6) is 0.301. The van der Waals surface area contributed by atoms with Gasteiger partial charge in [-0.1, -0.05) is 5.16 Å². The molecule has 1 saturated heterocycles. The van der Waals surface area contributed by atoms with Crippen molar-refractivity contribution in [3.05, 3.63) is 35.2 Å². The summed E-state index contributed by atoms with van der Waals surface area (Å²) < 4.78 is 32.5. The van der Waals surface area contributed by atoms with Crippen molar-refractivity contribution in [2.45, 2.75) is 44.2 Å². The summed E-state index contributed by atoms with van der Waals surface area (Å²) in [5.41, 5.74) is 7.24. The van der Waals surface area contributed by atoms with E-state index in [1.54, 1.807) is 26.2 Å². The minimum atomic E-state index is -3.70. The number of rotatable bonds is 4. The number of aryl methyl sites for hydroxylation is 2. The molecule has 0 amide bonds. The largest absolute Gasteiger partial charge is 0.360 e. The predicted octanol–water partition coefficient (Wildman–Crippen LogP) is 1.07. The van der Waals surface area contributed by atoms with Gasteiger partial charge in [0, 0.05) is 19.3 Å². The Bertz CT molecular complexity index is 798. The maximum absolute atomic E-state index is 13.0. The molecule has 8 nitrogen and oxygen atoms in total. The zero-order valence-electron chi connectivity index (χ0n) is 13.1. The van der Waals surface area contributed by atoms with Gasteiger partial charge >= 0.3 is 0 Å². The Kier molecular flexibility index (Phi) is 4.17. The smallest absolute Gasteiger partial charge is 0.249 e. The molecule has 0 bridgehead atoms. The topological polar surface area (TPSA) is 115 Å². The first kappa shape index (κ1) is 16.0. The van der Waals surface area contributed by atoms with Crippen LogP contribution in [0.2, 0.25) is 0 Å². The third-order valence-corrected chi connectivity index (χ3v) is 6.15. The Balaban J connectivity index is 2.01. The molecule has 1 aliphatic heterocycles. The number of aromatic nitrogens is 3. The highest BCUT2D eigenvalue weighted by Crippen LogP contribution is 2.37.